The minimum absolute atomic E-state index is 0.0348. The van der Waals surface area contributed by atoms with Gasteiger partial charge in [-0.2, -0.15) is 4.31 Å². The van der Waals surface area contributed by atoms with E-state index in [-0.39, 0.29) is 5.75 Å². The molecule has 0 atom stereocenters. The van der Waals surface area contributed by atoms with E-state index in [1.807, 2.05) is 12.3 Å². The van der Waals surface area contributed by atoms with Crippen LogP contribution in [0.2, 0.25) is 0 Å². The van der Waals surface area contributed by atoms with Crippen molar-refractivity contribution >= 4 is 27.0 Å². The molecule has 0 radical (unpaired) electrons. The summed E-state index contributed by atoms with van der Waals surface area (Å²) in [5.74, 6) is -0.0348. The van der Waals surface area contributed by atoms with Crippen LogP contribution in [0.3, 0.4) is 0 Å². The van der Waals surface area contributed by atoms with Gasteiger partial charge < -0.3 is 5.73 Å². The van der Waals surface area contributed by atoms with E-state index in [1.54, 1.807) is 31.3 Å². The Hall–Kier alpha value is -1.44. The van der Waals surface area contributed by atoms with Gasteiger partial charge >= 0.3 is 0 Å². The topological polar surface area (TPSA) is 76.3 Å². The molecule has 5 nitrogen and oxygen atoms in total. The third-order valence-electron chi connectivity index (χ3n) is 2.85. The molecule has 108 valence electrons. The number of hydrogen-bond acceptors (Lipinski definition) is 5. The Bertz CT molecular complexity index is 678. The zero-order valence-corrected chi connectivity index (χ0v) is 13.0. The van der Waals surface area contributed by atoms with E-state index in [2.05, 4.69) is 4.98 Å². The molecule has 1 aromatic carbocycles. The first-order chi connectivity index (χ1) is 9.37. The molecule has 0 saturated heterocycles. The lowest BCUT2D eigenvalue weighted by Crippen LogP contribution is -2.27. The van der Waals surface area contributed by atoms with Crippen LogP contribution in [-0.4, -0.2) is 24.8 Å². The molecule has 0 unspecified atom stereocenters. The number of aryl methyl sites for hydroxylation is 1. The van der Waals surface area contributed by atoms with Crippen molar-refractivity contribution in [2.75, 3.05) is 12.8 Å². The summed E-state index contributed by atoms with van der Waals surface area (Å²) in [6.45, 7) is 2.19. The highest BCUT2D eigenvalue weighted by molar-refractivity contribution is 7.88. The molecule has 1 heterocycles. The van der Waals surface area contributed by atoms with Gasteiger partial charge in [0.1, 0.15) is 0 Å². The van der Waals surface area contributed by atoms with E-state index in [0.29, 0.717) is 12.2 Å². The molecular formula is C13H17N3O2S2. The lowest BCUT2D eigenvalue weighted by Gasteiger charge is -2.16. The predicted octanol–water partition coefficient (Wildman–Crippen LogP) is 2.00. The van der Waals surface area contributed by atoms with Crippen molar-refractivity contribution < 1.29 is 8.42 Å². The van der Waals surface area contributed by atoms with Gasteiger partial charge in [0, 0.05) is 18.1 Å². The van der Waals surface area contributed by atoms with Crippen molar-refractivity contribution in [3.05, 3.63) is 45.9 Å². The second kappa shape index (κ2) is 5.90. The van der Waals surface area contributed by atoms with E-state index in [1.165, 1.54) is 15.6 Å². The highest BCUT2D eigenvalue weighted by atomic mass is 32.2. The number of anilines is 1. The van der Waals surface area contributed by atoms with Crippen LogP contribution in [0.25, 0.3) is 0 Å². The van der Waals surface area contributed by atoms with Gasteiger partial charge in [-0.15, -0.1) is 11.3 Å². The van der Waals surface area contributed by atoms with Crippen molar-refractivity contribution in [3.63, 3.8) is 0 Å². The lowest BCUT2D eigenvalue weighted by atomic mass is 10.2. The van der Waals surface area contributed by atoms with Crippen molar-refractivity contribution in [2.45, 2.75) is 19.2 Å². The summed E-state index contributed by atoms with van der Waals surface area (Å²) < 4.78 is 25.9. The third kappa shape index (κ3) is 3.78. The SMILES string of the molecule is Cc1nc(CN(C)S(=O)(=O)Cc2ccc(N)cc2)cs1. The van der Waals surface area contributed by atoms with E-state index in [9.17, 15) is 8.42 Å². The maximum Gasteiger partial charge on any atom is 0.218 e. The van der Waals surface area contributed by atoms with Gasteiger partial charge in [0.05, 0.1) is 23.0 Å². The first kappa shape index (κ1) is 15.0. The van der Waals surface area contributed by atoms with Gasteiger partial charge in [-0.1, -0.05) is 12.1 Å². The Labute approximate surface area is 123 Å². The minimum atomic E-state index is -3.36. The average Bonchev–Trinajstić information content (AvgIpc) is 2.77. The summed E-state index contributed by atoms with van der Waals surface area (Å²) >= 11 is 1.52. The van der Waals surface area contributed by atoms with Crippen LogP contribution in [0, 0.1) is 6.92 Å². The first-order valence-corrected chi connectivity index (χ1v) is 8.55. The zero-order chi connectivity index (χ0) is 14.8. The fraction of sp³-hybridized carbons (Fsp3) is 0.308. The quantitative estimate of drug-likeness (QED) is 0.857. The molecule has 0 aliphatic heterocycles. The molecular weight excluding hydrogens is 294 g/mol. The Kier molecular flexibility index (Phi) is 4.42. The molecule has 0 bridgehead atoms. The van der Waals surface area contributed by atoms with Crippen molar-refractivity contribution in [2.24, 2.45) is 0 Å². The number of nitrogen functional groups attached to an aromatic ring is 1. The fourth-order valence-corrected chi connectivity index (χ4v) is 3.51. The number of nitrogens with zero attached hydrogens (tertiary/aromatic N) is 2. The van der Waals surface area contributed by atoms with Crippen LogP contribution in [-0.2, 0) is 22.3 Å². The number of sulfonamides is 1. The Morgan fingerprint density at radius 2 is 1.95 bits per heavy atom. The molecule has 0 aliphatic rings. The molecule has 0 saturated carbocycles. The van der Waals surface area contributed by atoms with E-state index in [4.69, 9.17) is 5.73 Å². The van der Waals surface area contributed by atoms with Gasteiger partial charge in [-0.25, -0.2) is 13.4 Å². The van der Waals surface area contributed by atoms with Crippen LogP contribution in [0.4, 0.5) is 5.69 Å². The first-order valence-electron chi connectivity index (χ1n) is 6.06. The van der Waals surface area contributed by atoms with Crippen LogP contribution in [0.5, 0.6) is 0 Å². The summed E-state index contributed by atoms with van der Waals surface area (Å²) in [6.07, 6.45) is 0. The van der Waals surface area contributed by atoms with E-state index < -0.39 is 10.0 Å². The standard InChI is InChI=1S/C13H17N3O2S2/c1-10-15-13(8-19-10)7-16(2)20(17,18)9-11-3-5-12(14)6-4-11/h3-6,8H,7,9,14H2,1-2H3. The second-order valence-electron chi connectivity index (χ2n) is 4.61. The molecule has 0 fully saturated rings. The third-order valence-corrected chi connectivity index (χ3v) is 5.45. The van der Waals surface area contributed by atoms with E-state index in [0.717, 1.165) is 16.3 Å². The summed E-state index contributed by atoms with van der Waals surface area (Å²) in [7, 11) is -1.79. The van der Waals surface area contributed by atoms with E-state index >= 15 is 0 Å². The normalized spacial score (nSPS) is 11.9. The number of rotatable bonds is 5. The maximum absolute atomic E-state index is 12.3. The van der Waals surface area contributed by atoms with Gasteiger partial charge in [0.2, 0.25) is 10.0 Å². The van der Waals surface area contributed by atoms with Gasteiger partial charge in [-0.3, -0.25) is 0 Å². The molecule has 20 heavy (non-hydrogen) atoms. The van der Waals surface area contributed by atoms with Crippen LogP contribution in [0.15, 0.2) is 29.6 Å². The monoisotopic (exact) mass is 311 g/mol. The number of benzene rings is 1. The summed E-state index contributed by atoms with van der Waals surface area (Å²) in [5.41, 5.74) is 7.71. The Morgan fingerprint density at radius 3 is 2.50 bits per heavy atom. The smallest absolute Gasteiger partial charge is 0.218 e. The second-order valence-corrected chi connectivity index (χ2v) is 7.75. The predicted molar refractivity (Wildman–Crippen MR) is 81.8 cm³/mol. The highest BCUT2D eigenvalue weighted by Gasteiger charge is 2.19. The molecule has 1 aromatic heterocycles. The van der Waals surface area contributed by atoms with Crippen molar-refractivity contribution in [1.82, 2.24) is 9.29 Å². The number of hydrogen-bond donors (Lipinski definition) is 1. The molecule has 2 N–H and O–H groups in total. The molecule has 0 amide bonds. The molecule has 0 aliphatic carbocycles. The van der Waals surface area contributed by atoms with Gasteiger partial charge in [-0.05, 0) is 24.6 Å². The lowest BCUT2D eigenvalue weighted by molar-refractivity contribution is 0.462. The number of nitrogens with two attached hydrogens (primary N) is 1. The molecule has 0 spiro atoms. The Morgan fingerprint density at radius 1 is 1.30 bits per heavy atom. The van der Waals surface area contributed by atoms with Gasteiger partial charge in [0.25, 0.3) is 0 Å². The van der Waals surface area contributed by atoms with Crippen LogP contribution < -0.4 is 5.73 Å². The zero-order valence-electron chi connectivity index (χ0n) is 11.4. The fourth-order valence-electron chi connectivity index (χ4n) is 1.74. The average molecular weight is 311 g/mol. The summed E-state index contributed by atoms with van der Waals surface area (Å²) in [5, 5.41) is 2.81. The van der Waals surface area contributed by atoms with Crippen LogP contribution >= 0.6 is 11.3 Å². The number of aromatic nitrogens is 1. The Balaban J connectivity index is 2.07. The maximum atomic E-state index is 12.3. The molecule has 2 aromatic rings. The highest BCUT2D eigenvalue weighted by Crippen LogP contribution is 2.15. The van der Waals surface area contributed by atoms with Crippen molar-refractivity contribution in [3.8, 4) is 0 Å². The molecule has 2 rings (SSSR count). The van der Waals surface area contributed by atoms with Crippen LogP contribution in [0.1, 0.15) is 16.3 Å². The summed E-state index contributed by atoms with van der Waals surface area (Å²) in [6, 6.07) is 6.87. The van der Waals surface area contributed by atoms with Crippen molar-refractivity contribution in [1.29, 1.82) is 0 Å². The minimum Gasteiger partial charge on any atom is -0.399 e. The molecule has 7 heteroatoms. The summed E-state index contributed by atoms with van der Waals surface area (Å²) in [4.78, 5) is 4.28. The largest absolute Gasteiger partial charge is 0.399 e. The number of thiazole rings is 1. The van der Waals surface area contributed by atoms with Gasteiger partial charge in [0.15, 0.2) is 0 Å².